The maximum atomic E-state index is 14.0. The Hall–Kier alpha value is -2.44. The standard InChI is InChI=1S/C19H19ClFN3O2/c1-4-15-17(22-3)16(12-5-6-13(20)14(21)9-12)18-19(26)23(11(2)10-25)7-8-24(15)18/h4-6,9,11,25H,1,3,7-8,10H2,2H3/t11-/m1/s1. The number of nitrogens with zero attached hydrogens (tertiary/aromatic N) is 3. The molecule has 0 saturated carbocycles. The molecule has 1 amide bonds. The second-order valence-corrected chi connectivity index (χ2v) is 6.54. The number of aliphatic imine (C=N–C) groups is 1. The van der Waals surface area contributed by atoms with Crippen molar-refractivity contribution in [3.05, 3.63) is 47.0 Å². The third-order valence-electron chi connectivity index (χ3n) is 4.66. The fraction of sp³-hybridized carbons (Fsp3) is 0.263. The Morgan fingerprint density at radius 2 is 2.19 bits per heavy atom. The SMILES string of the molecule is C=Cc1c(N=C)c(-c2ccc(Cl)c(F)c2)c2n1CCN([C@H](C)CO)C2=O. The number of carbonyl (C=O) groups excluding carboxylic acids is 1. The fourth-order valence-electron chi connectivity index (χ4n) is 3.33. The highest BCUT2D eigenvalue weighted by Gasteiger charge is 2.34. The number of halogens is 2. The van der Waals surface area contributed by atoms with Crippen LogP contribution in [-0.4, -0.2) is 46.4 Å². The van der Waals surface area contributed by atoms with E-state index in [0.717, 1.165) is 0 Å². The minimum Gasteiger partial charge on any atom is -0.394 e. The average molecular weight is 376 g/mol. The summed E-state index contributed by atoms with van der Waals surface area (Å²) in [4.78, 5) is 18.8. The molecule has 3 rings (SSSR count). The van der Waals surface area contributed by atoms with Crippen molar-refractivity contribution in [3.63, 3.8) is 0 Å². The zero-order chi connectivity index (χ0) is 19.0. The summed E-state index contributed by atoms with van der Waals surface area (Å²) < 4.78 is 15.9. The Morgan fingerprint density at radius 3 is 2.77 bits per heavy atom. The summed E-state index contributed by atoms with van der Waals surface area (Å²) in [5.74, 6) is -0.829. The average Bonchev–Trinajstić information content (AvgIpc) is 2.97. The first-order chi connectivity index (χ1) is 12.4. The lowest BCUT2D eigenvalue weighted by Gasteiger charge is -2.33. The molecule has 1 atom stereocenters. The number of benzene rings is 1. The van der Waals surface area contributed by atoms with Gasteiger partial charge in [0, 0.05) is 18.7 Å². The van der Waals surface area contributed by atoms with Gasteiger partial charge in [-0.15, -0.1) is 0 Å². The first kappa shape index (κ1) is 18.4. The van der Waals surface area contributed by atoms with E-state index >= 15 is 0 Å². The highest BCUT2D eigenvalue weighted by molar-refractivity contribution is 6.30. The van der Waals surface area contributed by atoms with Gasteiger partial charge in [0.1, 0.15) is 11.5 Å². The molecule has 1 aliphatic heterocycles. The van der Waals surface area contributed by atoms with E-state index in [2.05, 4.69) is 18.3 Å². The molecule has 5 nitrogen and oxygen atoms in total. The highest BCUT2D eigenvalue weighted by atomic mass is 35.5. The predicted molar refractivity (Wildman–Crippen MR) is 102 cm³/mol. The third kappa shape index (κ3) is 2.75. The van der Waals surface area contributed by atoms with Gasteiger partial charge in [-0.3, -0.25) is 9.79 Å². The van der Waals surface area contributed by atoms with Crippen LogP contribution in [0, 0.1) is 5.82 Å². The molecule has 7 heteroatoms. The van der Waals surface area contributed by atoms with Crippen LogP contribution in [0.1, 0.15) is 23.1 Å². The fourth-order valence-corrected chi connectivity index (χ4v) is 3.45. The molecule has 0 radical (unpaired) electrons. The van der Waals surface area contributed by atoms with Crippen LogP contribution in [0.25, 0.3) is 17.2 Å². The zero-order valence-corrected chi connectivity index (χ0v) is 15.1. The van der Waals surface area contributed by atoms with Crippen LogP contribution in [0.5, 0.6) is 0 Å². The summed E-state index contributed by atoms with van der Waals surface area (Å²) in [6, 6.07) is 4.04. The van der Waals surface area contributed by atoms with Crippen molar-refractivity contribution in [3.8, 4) is 11.1 Å². The Balaban J connectivity index is 2.29. The van der Waals surface area contributed by atoms with Gasteiger partial charge >= 0.3 is 0 Å². The quantitative estimate of drug-likeness (QED) is 0.809. The van der Waals surface area contributed by atoms with Gasteiger partial charge in [0.25, 0.3) is 5.91 Å². The number of hydrogen-bond donors (Lipinski definition) is 1. The number of carbonyl (C=O) groups is 1. The van der Waals surface area contributed by atoms with Crippen molar-refractivity contribution in [1.82, 2.24) is 9.47 Å². The van der Waals surface area contributed by atoms with E-state index in [9.17, 15) is 14.3 Å². The number of hydrogen-bond acceptors (Lipinski definition) is 3. The van der Waals surface area contributed by atoms with Crippen LogP contribution < -0.4 is 0 Å². The minimum absolute atomic E-state index is 0.000684. The van der Waals surface area contributed by atoms with Crippen LogP contribution in [0.15, 0.2) is 29.8 Å². The second-order valence-electron chi connectivity index (χ2n) is 6.13. The monoisotopic (exact) mass is 375 g/mol. The van der Waals surface area contributed by atoms with E-state index < -0.39 is 5.82 Å². The molecular weight excluding hydrogens is 357 g/mol. The molecule has 2 heterocycles. The molecule has 0 aliphatic carbocycles. The van der Waals surface area contributed by atoms with Gasteiger partial charge in [0.15, 0.2) is 0 Å². The largest absolute Gasteiger partial charge is 0.394 e. The number of amides is 1. The molecule has 1 aromatic carbocycles. The van der Waals surface area contributed by atoms with Gasteiger partial charge in [0.2, 0.25) is 0 Å². The molecule has 0 unspecified atom stereocenters. The number of rotatable bonds is 5. The van der Waals surface area contributed by atoms with E-state index in [-0.39, 0.29) is 23.6 Å². The lowest BCUT2D eigenvalue weighted by molar-refractivity contribution is 0.0557. The molecule has 136 valence electrons. The maximum absolute atomic E-state index is 14.0. The topological polar surface area (TPSA) is 57.8 Å². The van der Waals surface area contributed by atoms with Gasteiger partial charge in [0.05, 0.1) is 29.1 Å². The molecule has 0 fully saturated rings. The number of fused-ring (bicyclic) bond motifs is 1. The summed E-state index contributed by atoms with van der Waals surface area (Å²) in [7, 11) is 0. The summed E-state index contributed by atoms with van der Waals surface area (Å²) in [6.45, 7) is 10.0. The lowest BCUT2D eigenvalue weighted by atomic mass is 10.0. The summed E-state index contributed by atoms with van der Waals surface area (Å²) in [6.07, 6.45) is 1.61. The lowest BCUT2D eigenvalue weighted by Crippen LogP contribution is -2.46. The third-order valence-corrected chi connectivity index (χ3v) is 4.97. The number of aromatic nitrogens is 1. The Kier molecular flexibility index (Phi) is 4.98. The Morgan fingerprint density at radius 1 is 1.46 bits per heavy atom. The minimum atomic E-state index is -0.580. The van der Waals surface area contributed by atoms with Gasteiger partial charge in [-0.05, 0) is 37.4 Å². The highest BCUT2D eigenvalue weighted by Crippen LogP contribution is 2.42. The van der Waals surface area contributed by atoms with Crippen LogP contribution in [0.4, 0.5) is 10.1 Å². The molecule has 1 N–H and O–H groups in total. The molecule has 1 aliphatic rings. The van der Waals surface area contributed by atoms with Crippen molar-refractivity contribution in [2.24, 2.45) is 4.99 Å². The van der Waals surface area contributed by atoms with Gasteiger partial charge in [-0.2, -0.15) is 0 Å². The first-order valence-electron chi connectivity index (χ1n) is 8.17. The predicted octanol–water partition coefficient (Wildman–Crippen LogP) is 3.76. The summed E-state index contributed by atoms with van der Waals surface area (Å²) >= 11 is 5.79. The van der Waals surface area contributed by atoms with Crippen LogP contribution in [-0.2, 0) is 6.54 Å². The van der Waals surface area contributed by atoms with Crippen LogP contribution in [0.3, 0.4) is 0 Å². The van der Waals surface area contributed by atoms with Crippen molar-refractivity contribution in [1.29, 1.82) is 0 Å². The maximum Gasteiger partial charge on any atom is 0.271 e. The number of aliphatic hydroxyl groups excluding tert-OH is 1. The molecule has 2 aromatic rings. The molecule has 1 aromatic heterocycles. The number of aliphatic hydroxyl groups is 1. The smallest absolute Gasteiger partial charge is 0.271 e. The van der Waals surface area contributed by atoms with E-state index in [4.69, 9.17) is 11.6 Å². The molecule has 26 heavy (non-hydrogen) atoms. The molecule has 0 bridgehead atoms. The second kappa shape index (κ2) is 7.05. The van der Waals surface area contributed by atoms with Crippen LogP contribution in [0.2, 0.25) is 5.02 Å². The van der Waals surface area contributed by atoms with Crippen LogP contribution >= 0.6 is 11.6 Å². The van der Waals surface area contributed by atoms with Crippen molar-refractivity contribution >= 4 is 36.0 Å². The molecule has 0 saturated heterocycles. The van der Waals surface area contributed by atoms with Gasteiger partial charge < -0.3 is 14.6 Å². The van der Waals surface area contributed by atoms with Gasteiger partial charge in [-0.1, -0.05) is 24.2 Å². The van der Waals surface area contributed by atoms with E-state index in [1.807, 2.05) is 4.57 Å². The van der Waals surface area contributed by atoms with Crippen molar-refractivity contribution in [2.75, 3.05) is 13.2 Å². The summed E-state index contributed by atoms with van der Waals surface area (Å²) in [5, 5.41) is 9.45. The van der Waals surface area contributed by atoms with E-state index in [1.165, 1.54) is 12.1 Å². The van der Waals surface area contributed by atoms with E-state index in [1.54, 1.807) is 24.0 Å². The zero-order valence-electron chi connectivity index (χ0n) is 14.4. The van der Waals surface area contributed by atoms with Crippen molar-refractivity contribution < 1.29 is 14.3 Å². The molecule has 0 spiro atoms. The van der Waals surface area contributed by atoms with Crippen molar-refractivity contribution in [2.45, 2.75) is 19.5 Å². The Bertz CT molecular complexity index is 907. The normalized spacial score (nSPS) is 14.9. The molecular formula is C19H19ClFN3O2. The van der Waals surface area contributed by atoms with Gasteiger partial charge in [-0.25, -0.2) is 4.39 Å². The van der Waals surface area contributed by atoms with E-state index in [0.29, 0.717) is 41.3 Å². The summed E-state index contributed by atoms with van der Waals surface area (Å²) in [5.41, 5.74) is 2.49. The first-order valence-corrected chi connectivity index (χ1v) is 8.55. The Labute approximate surface area is 156 Å².